The van der Waals surface area contributed by atoms with E-state index in [0.717, 1.165) is 18.5 Å². The molecule has 0 saturated heterocycles. The van der Waals surface area contributed by atoms with E-state index in [0.29, 0.717) is 5.92 Å². The van der Waals surface area contributed by atoms with E-state index in [2.05, 4.69) is 25.7 Å². The molecule has 1 unspecified atom stereocenters. The Morgan fingerprint density at radius 2 is 1.81 bits per heavy atom. The molecule has 1 saturated carbocycles. The van der Waals surface area contributed by atoms with Crippen LogP contribution in [0.15, 0.2) is 0 Å². The summed E-state index contributed by atoms with van der Waals surface area (Å²) in [5, 5.41) is 0. The van der Waals surface area contributed by atoms with Gasteiger partial charge in [0.2, 0.25) is 0 Å². The first-order valence-electron chi connectivity index (χ1n) is 7.07. The van der Waals surface area contributed by atoms with Gasteiger partial charge < -0.3 is 10.6 Å². The molecule has 96 valence electrons. The summed E-state index contributed by atoms with van der Waals surface area (Å²) < 4.78 is 0. The van der Waals surface area contributed by atoms with E-state index in [9.17, 15) is 0 Å². The molecule has 2 nitrogen and oxygen atoms in total. The van der Waals surface area contributed by atoms with Gasteiger partial charge in [0.25, 0.3) is 0 Å². The standard InChI is InChI=1S/C14H30N2/c1-12(2)8-10-16(14-6-7-14)9-4-5-13(3)11-15/h12-14H,4-11,15H2,1-3H3. The molecule has 0 bridgehead atoms. The van der Waals surface area contributed by atoms with E-state index in [4.69, 9.17) is 5.73 Å². The minimum atomic E-state index is 0.700. The molecular weight excluding hydrogens is 196 g/mol. The highest BCUT2D eigenvalue weighted by atomic mass is 15.2. The van der Waals surface area contributed by atoms with E-state index in [1.54, 1.807) is 0 Å². The van der Waals surface area contributed by atoms with Crippen LogP contribution in [0.5, 0.6) is 0 Å². The molecule has 0 radical (unpaired) electrons. The second-order valence-corrected chi connectivity index (χ2v) is 5.93. The van der Waals surface area contributed by atoms with Crippen LogP contribution in [-0.2, 0) is 0 Å². The average molecular weight is 226 g/mol. The molecule has 0 aromatic heterocycles. The number of nitrogens with two attached hydrogens (primary N) is 1. The third-order valence-corrected chi connectivity index (χ3v) is 3.60. The molecule has 0 aliphatic heterocycles. The van der Waals surface area contributed by atoms with Gasteiger partial charge in [-0.15, -0.1) is 0 Å². The lowest BCUT2D eigenvalue weighted by atomic mass is 10.1. The molecule has 2 heteroatoms. The van der Waals surface area contributed by atoms with Crippen molar-refractivity contribution in [3.05, 3.63) is 0 Å². The average Bonchev–Trinajstić information content (AvgIpc) is 3.06. The van der Waals surface area contributed by atoms with Crippen molar-refractivity contribution in [1.82, 2.24) is 4.90 Å². The van der Waals surface area contributed by atoms with E-state index in [1.165, 1.54) is 45.2 Å². The lowest BCUT2D eigenvalue weighted by Crippen LogP contribution is -2.29. The molecule has 1 rings (SSSR count). The second-order valence-electron chi connectivity index (χ2n) is 5.93. The monoisotopic (exact) mass is 226 g/mol. The molecule has 1 fully saturated rings. The normalized spacial score (nSPS) is 18.4. The van der Waals surface area contributed by atoms with Gasteiger partial charge in [-0.25, -0.2) is 0 Å². The van der Waals surface area contributed by atoms with Crippen LogP contribution < -0.4 is 5.73 Å². The molecule has 0 aromatic carbocycles. The Morgan fingerprint density at radius 3 is 2.31 bits per heavy atom. The predicted molar refractivity (Wildman–Crippen MR) is 71.5 cm³/mol. The van der Waals surface area contributed by atoms with Crippen molar-refractivity contribution < 1.29 is 0 Å². The highest BCUT2D eigenvalue weighted by molar-refractivity contribution is 4.84. The number of hydrogen-bond acceptors (Lipinski definition) is 2. The predicted octanol–water partition coefficient (Wildman–Crippen LogP) is 2.87. The smallest absolute Gasteiger partial charge is 0.00964 e. The van der Waals surface area contributed by atoms with E-state index in [1.807, 2.05) is 0 Å². The molecule has 1 aliphatic carbocycles. The second kappa shape index (κ2) is 7.29. The molecule has 1 atom stereocenters. The highest BCUT2D eigenvalue weighted by Crippen LogP contribution is 2.27. The summed E-state index contributed by atoms with van der Waals surface area (Å²) in [6, 6.07) is 0.923. The Labute approximate surface area is 102 Å². The summed E-state index contributed by atoms with van der Waals surface area (Å²) in [5.74, 6) is 1.54. The fourth-order valence-corrected chi connectivity index (χ4v) is 2.10. The Bertz CT molecular complexity index is 176. The molecule has 0 aromatic rings. The quantitative estimate of drug-likeness (QED) is 0.655. The van der Waals surface area contributed by atoms with Gasteiger partial charge in [-0.1, -0.05) is 20.8 Å². The minimum absolute atomic E-state index is 0.700. The topological polar surface area (TPSA) is 29.3 Å². The SMILES string of the molecule is CC(C)CCN(CCCC(C)CN)C1CC1. The van der Waals surface area contributed by atoms with Gasteiger partial charge >= 0.3 is 0 Å². The first kappa shape index (κ1) is 14.0. The summed E-state index contributed by atoms with van der Waals surface area (Å²) in [6.45, 7) is 10.3. The van der Waals surface area contributed by atoms with E-state index < -0.39 is 0 Å². The van der Waals surface area contributed by atoms with Gasteiger partial charge in [0.15, 0.2) is 0 Å². The maximum atomic E-state index is 5.65. The van der Waals surface area contributed by atoms with Gasteiger partial charge in [0.05, 0.1) is 0 Å². The zero-order chi connectivity index (χ0) is 12.0. The Hall–Kier alpha value is -0.0800. The van der Waals surface area contributed by atoms with Crippen LogP contribution in [-0.4, -0.2) is 30.6 Å². The van der Waals surface area contributed by atoms with Crippen LogP contribution in [0.3, 0.4) is 0 Å². The van der Waals surface area contributed by atoms with Crippen LogP contribution >= 0.6 is 0 Å². The van der Waals surface area contributed by atoms with Crippen LogP contribution in [0.2, 0.25) is 0 Å². The fraction of sp³-hybridized carbons (Fsp3) is 1.00. The first-order chi connectivity index (χ1) is 7.63. The summed E-state index contributed by atoms with van der Waals surface area (Å²) in [5.41, 5.74) is 5.65. The van der Waals surface area contributed by atoms with Crippen molar-refractivity contribution in [3.63, 3.8) is 0 Å². The summed E-state index contributed by atoms with van der Waals surface area (Å²) >= 11 is 0. The van der Waals surface area contributed by atoms with Gasteiger partial charge in [-0.3, -0.25) is 0 Å². The largest absolute Gasteiger partial charge is 0.330 e. The molecule has 16 heavy (non-hydrogen) atoms. The van der Waals surface area contributed by atoms with Gasteiger partial charge in [-0.2, -0.15) is 0 Å². The fourth-order valence-electron chi connectivity index (χ4n) is 2.10. The zero-order valence-corrected chi connectivity index (χ0v) is 11.4. The van der Waals surface area contributed by atoms with Crippen molar-refractivity contribution in [2.75, 3.05) is 19.6 Å². The van der Waals surface area contributed by atoms with E-state index in [-0.39, 0.29) is 0 Å². The van der Waals surface area contributed by atoms with Crippen molar-refractivity contribution in [1.29, 1.82) is 0 Å². The summed E-state index contributed by atoms with van der Waals surface area (Å²) in [6.07, 6.45) is 6.84. The van der Waals surface area contributed by atoms with Gasteiger partial charge in [0, 0.05) is 6.04 Å². The number of nitrogens with zero attached hydrogens (tertiary/aromatic N) is 1. The van der Waals surface area contributed by atoms with Gasteiger partial charge in [-0.05, 0) is 63.6 Å². The van der Waals surface area contributed by atoms with Gasteiger partial charge in [0.1, 0.15) is 0 Å². The van der Waals surface area contributed by atoms with Crippen LogP contribution in [0.4, 0.5) is 0 Å². The Balaban J connectivity index is 2.13. The van der Waals surface area contributed by atoms with Crippen LogP contribution in [0.1, 0.15) is 52.9 Å². The Kier molecular flexibility index (Phi) is 6.37. The zero-order valence-electron chi connectivity index (χ0n) is 11.4. The third kappa shape index (κ3) is 5.86. The third-order valence-electron chi connectivity index (χ3n) is 3.60. The molecule has 2 N–H and O–H groups in total. The molecule has 0 amide bonds. The van der Waals surface area contributed by atoms with Crippen molar-refractivity contribution in [3.8, 4) is 0 Å². The highest BCUT2D eigenvalue weighted by Gasteiger charge is 2.28. The number of rotatable bonds is 9. The van der Waals surface area contributed by atoms with Crippen LogP contribution in [0.25, 0.3) is 0 Å². The molecule has 0 spiro atoms. The van der Waals surface area contributed by atoms with Crippen molar-refractivity contribution in [2.24, 2.45) is 17.6 Å². The first-order valence-corrected chi connectivity index (χ1v) is 7.07. The van der Waals surface area contributed by atoms with Crippen molar-refractivity contribution >= 4 is 0 Å². The molecular formula is C14H30N2. The Morgan fingerprint density at radius 1 is 1.12 bits per heavy atom. The van der Waals surface area contributed by atoms with E-state index >= 15 is 0 Å². The summed E-state index contributed by atoms with van der Waals surface area (Å²) in [4.78, 5) is 2.71. The van der Waals surface area contributed by atoms with Crippen LogP contribution in [0, 0.1) is 11.8 Å². The lowest BCUT2D eigenvalue weighted by molar-refractivity contribution is 0.238. The maximum Gasteiger partial charge on any atom is 0.00964 e. The molecule has 1 aliphatic rings. The van der Waals surface area contributed by atoms with Crippen molar-refractivity contribution in [2.45, 2.75) is 58.9 Å². The molecule has 0 heterocycles. The maximum absolute atomic E-state index is 5.65. The minimum Gasteiger partial charge on any atom is -0.330 e. The lowest BCUT2D eigenvalue weighted by Gasteiger charge is -2.23. The number of hydrogen-bond donors (Lipinski definition) is 1. The summed E-state index contributed by atoms with van der Waals surface area (Å²) in [7, 11) is 0.